The normalized spacial score (nSPS) is 11.1. The van der Waals surface area contributed by atoms with Crippen LogP contribution in [0, 0.1) is 13.8 Å². The first-order valence-corrected chi connectivity index (χ1v) is 6.29. The third-order valence-electron chi connectivity index (χ3n) is 2.44. The van der Waals surface area contributed by atoms with Crippen LogP contribution in [0.5, 0.6) is 0 Å². The Bertz CT molecular complexity index is 485. The second-order valence-electron chi connectivity index (χ2n) is 3.37. The smallest absolute Gasteiger partial charge is 0.148 e. The van der Waals surface area contributed by atoms with Crippen molar-refractivity contribution in [2.45, 2.75) is 19.2 Å². The molecule has 1 aromatic carbocycles. The number of fused-ring (bicyclic) bond motifs is 1. The van der Waals surface area contributed by atoms with Crippen LogP contribution in [-0.4, -0.2) is 0 Å². The summed E-state index contributed by atoms with van der Waals surface area (Å²) in [5.41, 5.74) is 3.43. The van der Waals surface area contributed by atoms with Gasteiger partial charge in [-0.1, -0.05) is 15.9 Å². The van der Waals surface area contributed by atoms with Crippen LogP contribution in [0.3, 0.4) is 0 Å². The summed E-state index contributed by atoms with van der Waals surface area (Å²) in [5, 5.41) is 2.07. The Hall–Kier alpha value is -0.280. The van der Waals surface area contributed by atoms with Gasteiger partial charge in [-0.3, -0.25) is 0 Å². The Labute approximate surface area is 99.7 Å². The minimum absolute atomic E-state index is 0.866. The van der Waals surface area contributed by atoms with E-state index < -0.39 is 0 Å². The third kappa shape index (κ3) is 1.52. The Morgan fingerprint density at radius 3 is 2.64 bits per heavy atom. The minimum atomic E-state index is 0.866. The van der Waals surface area contributed by atoms with E-state index in [1.54, 1.807) is 0 Å². The highest BCUT2D eigenvalue weighted by Crippen LogP contribution is 2.32. The molecule has 3 heteroatoms. The second-order valence-corrected chi connectivity index (χ2v) is 4.79. The molecule has 1 aromatic heterocycles. The molecule has 74 valence electrons. The standard InChI is InChI=1S/C11H10Br2O/c1-6-7(2)14-11-9(6)3-8(5-12)4-10(11)13/h3-4H,5H2,1-2H3. The van der Waals surface area contributed by atoms with E-state index in [1.165, 1.54) is 16.5 Å². The first-order chi connectivity index (χ1) is 6.63. The van der Waals surface area contributed by atoms with E-state index in [0.717, 1.165) is 21.1 Å². The zero-order valence-electron chi connectivity index (χ0n) is 8.03. The molecule has 0 unspecified atom stereocenters. The predicted octanol–water partition coefficient (Wildman–Crippen LogP) is 4.71. The Morgan fingerprint density at radius 2 is 2.00 bits per heavy atom. The van der Waals surface area contributed by atoms with Crippen molar-refractivity contribution in [2.75, 3.05) is 0 Å². The van der Waals surface area contributed by atoms with Crippen molar-refractivity contribution in [1.29, 1.82) is 0 Å². The maximum absolute atomic E-state index is 5.67. The summed E-state index contributed by atoms with van der Waals surface area (Å²) >= 11 is 6.98. The molecule has 0 saturated carbocycles. The zero-order valence-corrected chi connectivity index (χ0v) is 11.2. The highest BCUT2D eigenvalue weighted by atomic mass is 79.9. The molecule has 0 aliphatic rings. The van der Waals surface area contributed by atoms with Crippen LogP contribution in [0.4, 0.5) is 0 Å². The highest BCUT2D eigenvalue weighted by Gasteiger charge is 2.10. The topological polar surface area (TPSA) is 13.1 Å². The van der Waals surface area contributed by atoms with Gasteiger partial charge in [0.05, 0.1) is 4.47 Å². The van der Waals surface area contributed by atoms with Gasteiger partial charge in [-0.05, 0) is 53.0 Å². The van der Waals surface area contributed by atoms with Gasteiger partial charge in [-0.15, -0.1) is 0 Å². The predicted molar refractivity (Wildman–Crippen MR) is 66.0 cm³/mol. The molecule has 0 aliphatic carbocycles. The average Bonchev–Trinajstić information content (AvgIpc) is 2.45. The molecule has 0 radical (unpaired) electrons. The fourth-order valence-corrected chi connectivity index (χ4v) is 2.44. The van der Waals surface area contributed by atoms with Crippen molar-refractivity contribution in [3.63, 3.8) is 0 Å². The number of rotatable bonds is 1. The number of halogens is 2. The van der Waals surface area contributed by atoms with Crippen LogP contribution in [0.25, 0.3) is 11.0 Å². The molecule has 0 amide bonds. The molecule has 14 heavy (non-hydrogen) atoms. The first-order valence-electron chi connectivity index (χ1n) is 4.37. The summed E-state index contributed by atoms with van der Waals surface area (Å²) < 4.78 is 6.70. The van der Waals surface area contributed by atoms with Gasteiger partial charge in [0.1, 0.15) is 11.3 Å². The molecular weight excluding hydrogens is 308 g/mol. The van der Waals surface area contributed by atoms with Crippen molar-refractivity contribution in [1.82, 2.24) is 0 Å². The SMILES string of the molecule is Cc1oc2c(Br)cc(CBr)cc2c1C. The fraction of sp³-hybridized carbons (Fsp3) is 0.273. The first kappa shape index (κ1) is 10.2. The van der Waals surface area contributed by atoms with Gasteiger partial charge in [0, 0.05) is 10.7 Å². The molecule has 2 rings (SSSR count). The van der Waals surface area contributed by atoms with Gasteiger partial charge in [0.15, 0.2) is 0 Å². The van der Waals surface area contributed by atoms with Crippen LogP contribution < -0.4 is 0 Å². The number of hydrogen-bond acceptors (Lipinski definition) is 1. The van der Waals surface area contributed by atoms with E-state index in [0.29, 0.717) is 0 Å². The van der Waals surface area contributed by atoms with Gasteiger partial charge in [-0.25, -0.2) is 0 Å². The van der Waals surface area contributed by atoms with E-state index in [4.69, 9.17) is 4.42 Å². The lowest BCUT2D eigenvalue weighted by Crippen LogP contribution is -1.79. The number of aryl methyl sites for hydroxylation is 2. The van der Waals surface area contributed by atoms with Crippen molar-refractivity contribution in [3.05, 3.63) is 33.5 Å². The summed E-state index contributed by atoms with van der Waals surface area (Å²) in [6.45, 7) is 4.08. The monoisotopic (exact) mass is 316 g/mol. The van der Waals surface area contributed by atoms with Crippen LogP contribution in [0.15, 0.2) is 21.0 Å². The molecule has 1 nitrogen and oxygen atoms in total. The summed E-state index contributed by atoms with van der Waals surface area (Å²) in [6, 6.07) is 4.25. The molecule has 0 bridgehead atoms. The molecule has 2 aromatic rings. The third-order valence-corrected chi connectivity index (χ3v) is 3.68. The summed E-state index contributed by atoms with van der Waals surface area (Å²) in [5.74, 6) is 0.993. The molecule has 0 fully saturated rings. The number of alkyl halides is 1. The fourth-order valence-electron chi connectivity index (χ4n) is 1.53. The molecule has 0 atom stereocenters. The Morgan fingerprint density at radius 1 is 1.29 bits per heavy atom. The van der Waals surface area contributed by atoms with Crippen molar-refractivity contribution in [2.24, 2.45) is 0 Å². The van der Waals surface area contributed by atoms with Gasteiger partial charge < -0.3 is 4.42 Å². The minimum Gasteiger partial charge on any atom is -0.460 e. The van der Waals surface area contributed by atoms with E-state index in [2.05, 4.69) is 50.9 Å². The van der Waals surface area contributed by atoms with Crippen LogP contribution in [-0.2, 0) is 5.33 Å². The number of benzene rings is 1. The molecule has 0 saturated heterocycles. The van der Waals surface area contributed by atoms with E-state index in [1.807, 2.05) is 6.92 Å². The van der Waals surface area contributed by atoms with E-state index in [9.17, 15) is 0 Å². The Kier molecular flexibility index (Phi) is 2.71. The van der Waals surface area contributed by atoms with Crippen LogP contribution in [0.2, 0.25) is 0 Å². The van der Waals surface area contributed by atoms with Gasteiger partial charge in [0.25, 0.3) is 0 Å². The quantitative estimate of drug-likeness (QED) is 0.694. The molecule has 0 spiro atoms. The molecule has 0 N–H and O–H groups in total. The van der Waals surface area contributed by atoms with Crippen LogP contribution >= 0.6 is 31.9 Å². The van der Waals surface area contributed by atoms with Crippen molar-refractivity contribution in [3.8, 4) is 0 Å². The maximum Gasteiger partial charge on any atom is 0.148 e. The van der Waals surface area contributed by atoms with Crippen LogP contribution in [0.1, 0.15) is 16.9 Å². The van der Waals surface area contributed by atoms with Gasteiger partial charge in [0.2, 0.25) is 0 Å². The van der Waals surface area contributed by atoms with Crippen molar-refractivity contribution < 1.29 is 4.42 Å². The molecule has 1 heterocycles. The summed E-state index contributed by atoms with van der Waals surface area (Å²) in [7, 11) is 0. The number of furan rings is 1. The number of hydrogen-bond donors (Lipinski definition) is 0. The Balaban J connectivity index is 2.83. The summed E-state index contributed by atoms with van der Waals surface area (Å²) in [4.78, 5) is 0. The maximum atomic E-state index is 5.67. The molecule has 0 aliphatic heterocycles. The lowest BCUT2D eigenvalue weighted by molar-refractivity contribution is 0.573. The largest absolute Gasteiger partial charge is 0.460 e. The second kappa shape index (κ2) is 3.70. The van der Waals surface area contributed by atoms with Crippen molar-refractivity contribution >= 4 is 42.8 Å². The van der Waals surface area contributed by atoms with E-state index in [-0.39, 0.29) is 0 Å². The van der Waals surface area contributed by atoms with Gasteiger partial charge in [-0.2, -0.15) is 0 Å². The lowest BCUT2D eigenvalue weighted by atomic mass is 10.1. The zero-order chi connectivity index (χ0) is 10.3. The molecular formula is C11H10Br2O. The summed E-state index contributed by atoms with van der Waals surface area (Å²) in [6.07, 6.45) is 0. The lowest BCUT2D eigenvalue weighted by Gasteiger charge is -1.98. The highest BCUT2D eigenvalue weighted by molar-refractivity contribution is 9.10. The van der Waals surface area contributed by atoms with E-state index >= 15 is 0 Å². The van der Waals surface area contributed by atoms with Gasteiger partial charge >= 0.3 is 0 Å². The average molecular weight is 318 g/mol.